The summed E-state index contributed by atoms with van der Waals surface area (Å²) in [7, 11) is 0. The van der Waals surface area contributed by atoms with Gasteiger partial charge in [0.25, 0.3) is 0 Å². The topological polar surface area (TPSA) is 77.0 Å². The largest absolute Gasteiger partial charge is 0.477 e. The molecule has 29 heavy (non-hydrogen) atoms. The van der Waals surface area contributed by atoms with Gasteiger partial charge in [-0.05, 0) is 44.1 Å². The van der Waals surface area contributed by atoms with Crippen molar-refractivity contribution in [2.75, 3.05) is 46.1 Å². The molecule has 1 aromatic heterocycles. The van der Waals surface area contributed by atoms with Crippen LogP contribution in [-0.4, -0.2) is 57.1 Å². The Kier molecular flexibility index (Phi) is 11.6. The smallest absolute Gasteiger partial charge is 0.213 e. The predicted octanol–water partition coefficient (Wildman–Crippen LogP) is 2.99. The standard InChI is InChI=1S/C21H34N4O3.HI/c1-2-22-21(23-9-3-10-26-14-19-8-11-27-15-19)25-13-18-6-7-20(24-12-18)28-16-17-4-5-17;/h6-7,12,17,19H,2-5,8-11,13-16H2,1H3,(H2,22,23,25);1H. The van der Waals surface area contributed by atoms with Crippen LogP contribution in [0.25, 0.3) is 0 Å². The van der Waals surface area contributed by atoms with Crippen molar-refractivity contribution in [3.63, 3.8) is 0 Å². The quantitative estimate of drug-likeness (QED) is 0.192. The van der Waals surface area contributed by atoms with Crippen molar-refractivity contribution in [1.82, 2.24) is 15.6 Å². The summed E-state index contributed by atoms with van der Waals surface area (Å²) in [5, 5.41) is 6.64. The summed E-state index contributed by atoms with van der Waals surface area (Å²) in [5.41, 5.74) is 1.07. The Morgan fingerprint density at radius 3 is 2.79 bits per heavy atom. The SMILES string of the molecule is CCNC(=NCc1ccc(OCC2CC2)nc1)NCCCOCC1CCOC1.I. The molecule has 0 aromatic carbocycles. The maximum atomic E-state index is 5.74. The van der Waals surface area contributed by atoms with E-state index in [1.54, 1.807) is 0 Å². The molecule has 2 heterocycles. The summed E-state index contributed by atoms with van der Waals surface area (Å²) in [6.07, 6.45) is 6.49. The van der Waals surface area contributed by atoms with Gasteiger partial charge in [0, 0.05) is 44.5 Å². The Bertz CT molecular complexity index is 590. The van der Waals surface area contributed by atoms with E-state index in [1.807, 2.05) is 18.3 Å². The molecule has 2 fully saturated rings. The zero-order valence-corrected chi connectivity index (χ0v) is 19.7. The third-order valence-corrected chi connectivity index (χ3v) is 4.86. The van der Waals surface area contributed by atoms with Crippen LogP contribution in [0.5, 0.6) is 5.88 Å². The van der Waals surface area contributed by atoms with E-state index < -0.39 is 0 Å². The number of guanidine groups is 1. The highest BCUT2D eigenvalue weighted by Crippen LogP contribution is 2.29. The number of pyridine rings is 1. The molecule has 1 saturated carbocycles. The van der Waals surface area contributed by atoms with E-state index in [2.05, 4.69) is 27.5 Å². The van der Waals surface area contributed by atoms with Crippen LogP contribution in [0, 0.1) is 11.8 Å². The molecule has 0 radical (unpaired) electrons. The summed E-state index contributed by atoms with van der Waals surface area (Å²) in [4.78, 5) is 9.01. The number of hydrogen-bond donors (Lipinski definition) is 2. The van der Waals surface area contributed by atoms with Crippen molar-refractivity contribution in [3.05, 3.63) is 23.9 Å². The highest BCUT2D eigenvalue weighted by atomic mass is 127. The van der Waals surface area contributed by atoms with Crippen molar-refractivity contribution in [2.45, 2.75) is 39.2 Å². The fourth-order valence-corrected chi connectivity index (χ4v) is 2.94. The molecule has 1 aliphatic carbocycles. The highest BCUT2D eigenvalue weighted by Gasteiger charge is 2.22. The van der Waals surface area contributed by atoms with Crippen LogP contribution in [0.3, 0.4) is 0 Å². The van der Waals surface area contributed by atoms with Gasteiger partial charge in [-0.1, -0.05) is 6.07 Å². The van der Waals surface area contributed by atoms with E-state index in [-0.39, 0.29) is 24.0 Å². The minimum Gasteiger partial charge on any atom is -0.477 e. The average Bonchev–Trinajstić information content (AvgIpc) is 3.41. The lowest BCUT2D eigenvalue weighted by Gasteiger charge is -2.12. The third-order valence-electron chi connectivity index (χ3n) is 4.86. The van der Waals surface area contributed by atoms with Gasteiger partial charge in [0.05, 0.1) is 26.4 Å². The van der Waals surface area contributed by atoms with Gasteiger partial charge in [0.1, 0.15) is 0 Å². The summed E-state index contributed by atoms with van der Waals surface area (Å²) in [5.74, 6) is 2.84. The minimum atomic E-state index is 0. The van der Waals surface area contributed by atoms with E-state index in [0.29, 0.717) is 18.3 Å². The summed E-state index contributed by atoms with van der Waals surface area (Å²) in [6, 6.07) is 3.96. The molecule has 0 bridgehead atoms. The van der Waals surface area contributed by atoms with Crippen molar-refractivity contribution in [2.24, 2.45) is 16.8 Å². The number of ether oxygens (including phenoxy) is 3. The molecule has 0 amide bonds. The molecule has 164 valence electrons. The molecule has 7 nitrogen and oxygen atoms in total. The number of hydrogen-bond acceptors (Lipinski definition) is 5. The molecule has 1 saturated heterocycles. The van der Waals surface area contributed by atoms with Gasteiger partial charge >= 0.3 is 0 Å². The first kappa shape index (κ1) is 24.1. The second kappa shape index (κ2) is 14.0. The van der Waals surface area contributed by atoms with Gasteiger partial charge in [-0.3, -0.25) is 0 Å². The summed E-state index contributed by atoms with van der Waals surface area (Å²) < 4.78 is 16.8. The Labute approximate surface area is 191 Å². The van der Waals surface area contributed by atoms with Crippen LogP contribution in [-0.2, 0) is 16.0 Å². The van der Waals surface area contributed by atoms with Crippen molar-refractivity contribution >= 4 is 29.9 Å². The lowest BCUT2D eigenvalue weighted by atomic mass is 10.1. The first-order chi connectivity index (χ1) is 13.8. The van der Waals surface area contributed by atoms with Crippen LogP contribution < -0.4 is 15.4 Å². The molecule has 2 N–H and O–H groups in total. The van der Waals surface area contributed by atoms with Crippen molar-refractivity contribution < 1.29 is 14.2 Å². The Morgan fingerprint density at radius 1 is 1.21 bits per heavy atom. The molecule has 1 unspecified atom stereocenters. The fourth-order valence-electron chi connectivity index (χ4n) is 2.94. The summed E-state index contributed by atoms with van der Waals surface area (Å²) in [6.45, 7) is 8.39. The van der Waals surface area contributed by atoms with Crippen LogP contribution in [0.1, 0.15) is 38.2 Å². The first-order valence-electron chi connectivity index (χ1n) is 10.6. The fraction of sp³-hybridized carbons (Fsp3) is 0.714. The minimum absolute atomic E-state index is 0. The number of nitrogens with one attached hydrogen (secondary N) is 2. The molecule has 0 spiro atoms. The van der Waals surface area contributed by atoms with Crippen molar-refractivity contribution in [3.8, 4) is 5.88 Å². The van der Waals surface area contributed by atoms with E-state index in [1.165, 1.54) is 12.8 Å². The number of aromatic nitrogens is 1. The number of rotatable bonds is 12. The first-order valence-corrected chi connectivity index (χ1v) is 10.6. The molecular weight excluding hydrogens is 483 g/mol. The maximum absolute atomic E-state index is 5.74. The molecule has 1 aromatic rings. The van der Waals surface area contributed by atoms with Gasteiger partial charge in [0.15, 0.2) is 5.96 Å². The lowest BCUT2D eigenvalue weighted by Crippen LogP contribution is -2.38. The van der Waals surface area contributed by atoms with E-state index in [4.69, 9.17) is 14.2 Å². The lowest BCUT2D eigenvalue weighted by molar-refractivity contribution is 0.0888. The average molecular weight is 518 g/mol. The molecule has 1 atom stereocenters. The van der Waals surface area contributed by atoms with Gasteiger partial charge < -0.3 is 24.8 Å². The Hall–Kier alpha value is -1.13. The third kappa shape index (κ3) is 9.95. The summed E-state index contributed by atoms with van der Waals surface area (Å²) >= 11 is 0. The second-order valence-corrected chi connectivity index (χ2v) is 7.54. The zero-order chi connectivity index (χ0) is 19.4. The maximum Gasteiger partial charge on any atom is 0.213 e. The number of nitrogens with zero attached hydrogens (tertiary/aromatic N) is 2. The Balaban J connectivity index is 0.00000300. The monoisotopic (exact) mass is 518 g/mol. The van der Waals surface area contributed by atoms with E-state index >= 15 is 0 Å². The number of halogens is 1. The van der Waals surface area contributed by atoms with Crippen LogP contribution >= 0.6 is 24.0 Å². The number of aliphatic imine (C=N–C) groups is 1. The normalized spacial score (nSPS) is 18.9. The van der Waals surface area contributed by atoms with Gasteiger partial charge in [-0.25, -0.2) is 9.98 Å². The molecule has 8 heteroatoms. The second-order valence-electron chi connectivity index (χ2n) is 7.54. The van der Waals surface area contributed by atoms with Crippen LogP contribution in [0.15, 0.2) is 23.3 Å². The zero-order valence-electron chi connectivity index (χ0n) is 17.4. The van der Waals surface area contributed by atoms with Gasteiger partial charge in [0.2, 0.25) is 5.88 Å². The molecule has 3 rings (SSSR count). The van der Waals surface area contributed by atoms with E-state index in [0.717, 1.165) is 76.4 Å². The van der Waals surface area contributed by atoms with Gasteiger partial charge in [-0.2, -0.15) is 0 Å². The molecule has 1 aliphatic heterocycles. The highest BCUT2D eigenvalue weighted by molar-refractivity contribution is 14.0. The van der Waals surface area contributed by atoms with Crippen molar-refractivity contribution in [1.29, 1.82) is 0 Å². The van der Waals surface area contributed by atoms with E-state index in [9.17, 15) is 0 Å². The molecular formula is C21H35IN4O3. The van der Waals surface area contributed by atoms with Crippen LogP contribution in [0.4, 0.5) is 0 Å². The Morgan fingerprint density at radius 2 is 2.10 bits per heavy atom. The molecule has 2 aliphatic rings. The van der Waals surface area contributed by atoms with Gasteiger partial charge in [-0.15, -0.1) is 24.0 Å². The predicted molar refractivity (Wildman–Crippen MR) is 125 cm³/mol. The van der Waals surface area contributed by atoms with Crippen LogP contribution in [0.2, 0.25) is 0 Å².